The summed E-state index contributed by atoms with van der Waals surface area (Å²) in [4.78, 5) is 14.8. The number of hydrogen-bond acceptors (Lipinski definition) is 4. The molecule has 0 unspecified atom stereocenters. The van der Waals surface area contributed by atoms with Gasteiger partial charge in [0, 0.05) is 30.4 Å². The predicted molar refractivity (Wildman–Crippen MR) is 95.2 cm³/mol. The molecule has 2 aliphatic rings. The van der Waals surface area contributed by atoms with E-state index in [2.05, 4.69) is 4.90 Å². The lowest BCUT2D eigenvalue weighted by Gasteiger charge is -2.30. The van der Waals surface area contributed by atoms with Crippen molar-refractivity contribution in [1.29, 1.82) is 0 Å². The number of rotatable bonds is 1. The fraction of sp³-hybridized carbons (Fsp3) is 0.350. The Morgan fingerprint density at radius 2 is 1.75 bits per heavy atom. The summed E-state index contributed by atoms with van der Waals surface area (Å²) in [7, 11) is 0. The molecule has 1 saturated heterocycles. The highest BCUT2D eigenvalue weighted by Gasteiger charge is 2.27. The van der Waals surface area contributed by atoms with Crippen LogP contribution in [-0.2, 0) is 11.2 Å². The van der Waals surface area contributed by atoms with Crippen LogP contribution in [0.2, 0.25) is 0 Å². The third kappa shape index (κ3) is 2.89. The maximum absolute atomic E-state index is 12.6. The number of ketones is 1. The van der Waals surface area contributed by atoms with Crippen molar-refractivity contribution in [1.82, 2.24) is 0 Å². The van der Waals surface area contributed by atoms with Crippen molar-refractivity contribution in [3.8, 4) is 5.75 Å². The molecule has 4 heteroatoms. The first kappa shape index (κ1) is 16.5. The molecule has 2 aromatic carbocycles. The van der Waals surface area contributed by atoms with Gasteiger partial charge in [-0.2, -0.15) is 0 Å². The zero-order valence-electron chi connectivity index (χ0n) is 14.2. The minimum atomic E-state index is -0.0807. The molecule has 1 aliphatic carbocycles. The molecular weight excluding hydrogens is 302 g/mol. The van der Waals surface area contributed by atoms with E-state index >= 15 is 0 Å². The third-order valence-corrected chi connectivity index (χ3v) is 4.43. The number of phenolic OH excluding ortho intramolecular Hbond substituents is 1. The van der Waals surface area contributed by atoms with Crippen LogP contribution >= 0.6 is 0 Å². The Kier molecular flexibility index (Phi) is 4.86. The third-order valence-electron chi connectivity index (χ3n) is 4.43. The Hall–Kier alpha value is -2.33. The average molecular weight is 325 g/mol. The normalized spacial score (nSPS) is 15.9. The predicted octanol–water partition coefficient (Wildman–Crippen LogP) is 3.39. The molecule has 2 aromatic rings. The van der Waals surface area contributed by atoms with Crippen LogP contribution in [0.1, 0.15) is 40.9 Å². The van der Waals surface area contributed by atoms with Gasteiger partial charge in [-0.3, -0.25) is 4.79 Å². The molecule has 24 heavy (non-hydrogen) atoms. The second-order valence-electron chi connectivity index (χ2n) is 5.76. The van der Waals surface area contributed by atoms with Crippen LogP contribution in [0.4, 0.5) is 5.69 Å². The molecule has 0 bridgehead atoms. The summed E-state index contributed by atoms with van der Waals surface area (Å²) in [5.41, 5.74) is 4.05. The molecule has 0 aromatic heterocycles. The Morgan fingerprint density at radius 1 is 1.04 bits per heavy atom. The van der Waals surface area contributed by atoms with Gasteiger partial charge in [-0.25, -0.2) is 0 Å². The van der Waals surface area contributed by atoms with Gasteiger partial charge >= 0.3 is 0 Å². The van der Waals surface area contributed by atoms with Gasteiger partial charge in [0.25, 0.3) is 0 Å². The Balaban J connectivity index is 0.000000815. The topological polar surface area (TPSA) is 49.8 Å². The molecule has 0 atom stereocenters. The van der Waals surface area contributed by atoms with Crippen LogP contribution in [0.3, 0.4) is 0 Å². The maximum Gasteiger partial charge on any atom is 0.197 e. The Bertz CT molecular complexity index is 749. The summed E-state index contributed by atoms with van der Waals surface area (Å²) in [5.74, 6) is 0.00127. The molecule has 1 N–H and O–H groups in total. The number of hydrogen-bond donors (Lipinski definition) is 1. The van der Waals surface area contributed by atoms with E-state index in [0.717, 1.165) is 29.9 Å². The summed E-state index contributed by atoms with van der Waals surface area (Å²) in [6, 6.07) is 11.4. The first-order valence-corrected chi connectivity index (χ1v) is 8.55. The van der Waals surface area contributed by atoms with E-state index in [1.54, 1.807) is 6.07 Å². The average Bonchev–Trinajstić information content (AvgIpc) is 2.64. The van der Waals surface area contributed by atoms with Crippen LogP contribution in [-0.4, -0.2) is 37.2 Å². The van der Waals surface area contributed by atoms with E-state index in [1.807, 2.05) is 44.2 Å². The Labute approximate surface area is 142 Å². The first-order valence-electron chi connectivity index (χ1n) is 8.55. The number of morpholine rings is 1. The van der Waals surface area contributed by atoms with E-state index in [9.17, 15) is 9.90 Å². The number of carbonyl (C=O) groups excluding carboxylic acids is 1. The highest BCUT2D eigenvalue weighted by Crippen LogP contribution is 2.36. The zero-order chi connectivity index (χ0) is 17.1. The number of carbonyl (C=O) groups is 1. The summed E-state index contributed by atoms with van der Waals surface area (Å²) in [6.45, 7) is 7.00. The molecule has 1 heterocycles. The number of benzene rings is 2. The van der Waals surface area contributed by atoms with E-state index in [1.165, 1.54) is 0 Å². The van der Waals surface area contributed by atoms with Crippen molar-refractivity contribution in [3.05, 3.63) is 58.7 Å². The van der Waals surface area contributed by atoms with Gasteiger partial charge < -0.3 is 14.7 Å². The van der Waals surface area contributed by atoms with Crippen LogP contribution < -0.4 is 4.90 Å². The van der Waals surface area contributed by atoms with E-state index in [4.69, 9.17) is 4.74 Å². The lowest BCUT2D eigenvalue weighted by Crippen LogP contribution is -2.36. The number of anilines is 1. The van der Waals surface area contributed by atoms with Crippen LogP contribution in [0.25, 0.3) is 0 Å². The quantitative estimate of drug-likeness (QED) is 0.745. The molecule has 0 radical (unpaired) electrons. The van der Waals surface area contributed by atoms with Crippen molar-refractivity contribution < 1.29 is 14.6 Å². The fourth-order valence-corrected chi connectivity index (χ4v) is 3.31. The highest BCUT2D eigenvalue weighted by molar-refractivity contribution is 6.14. The van der Waals surface area contributed by atoms with Gasteiger partial charge in [-0.1, -0.05) is 38.1 Å². The second kappa shape index (κ2) is 7.05. The SMILES string of the molecule is CC.O=C1c2ccccc2Cc2cc(N3CCOCC3)cc(O)c21. The van der Waals surface area contributed by atoms with E-state index in [-0.39, 0.29) is 11.5 Å². The largest absolute Gasteiger partial charge is 0.507 e. The smallest absolute Gasteiger partial charge is 0.197 e. The van der Waals surface area contributed by atoms with Gasteiger partial charge in [0.05, 0.1) is 18.8 Å². The van der Waals surface area contributed by atoms with Gasteiger partial charge in [0.15, 0.2) is 5.78 Å². The van der Waals surface area contributed by atoms with Crippen molar-refractivity contribution in [2.24, 2.45) is 0 Å². The van der Waals surface area contributed by atoms with Crippen molar-refractivity contribution in [3.63, 3.8) is 0 Å². The first-order chi connectivity index (χ1) is 11.7. The zero-order valence-corrected chi connectivity index (χ0v) is 14.2. The van der Waals surface area contributed by atoms with Crippen LogP contribution in [0, 0.1) is 0 Å². The molecule has 4 rings (SSSR count). The van der Waals surface area contributed by atoms with Gasteiger partial charge in [-0.05, 0) is 23.6 Å². The number of aromatic hydroxyl groups is 1. The Morgan fingerprint density at radius 3 is 2.50 bits per heavy atom. The lowest BCUT2D eigenvalue weighted by molar-refractivity contribution is 0.103. The van der Waals surface area contributed by atoms with Crippen LogP contribution in [0.5, 0.6) is 5.75 Å². The molecule has 0 spiro atoms. The number of nitrogens with zero attached hydrogens (tertiary/aromatic N) is 1. The summed E-state index contributed by atoms with van der Waals surface area (Å²) >= 11 is 0. The molecule has 1 fully saturated rings. The summed E-state index contributed by atoms with van der Waals surface area (Å²) < 4.78 is 5.37. The summed E-state index contributed by atoms with van der Waals surface area (Å²) in [6.07, 6.45) is 0.684. The highest BCUT2D eigenvalue weighted by atomic mass is 16.5. The number of fused-ring (bicyclic) bond motifs is 2. The minimum Gasteiger partial charge on any atom is -0.507 e. The van der Waals surface area contributed by atoms with Crippen molar-refractivity contribution in [2.75, 3.05) is 31.2 Å². The van der Waals surface area contributed by atoms with E-state index < -0.39 is 0 Å². The van der Waals surface area contributed by atoms with Gasteiger partial charge in [0.2, 0.25) is 0 Å². The molecular formula is C20H23NO3. The maximum atomic E-state index is 12.6. The van der Waals surface area contributed by atoms with Crippen molar-refractivity contribution in [2.45, 2.75) is 20.3 Å². The van der Waals surface area contributed by atoms with Gasteiger partial charge in [-0.15, -0.1) is 0 Å². The lowest BCUT2D eigenvalue weighted by atomic mass is 9.84. The number of ether oxygens (including phenoxy) is 1. The minimum absolute atomic E-state index is 0.0807. The monoisotopic (exact) mass is 325 g/mol. The molecule has 126 valence electrons. The van der Waals surface area contributed by atoms with Crippen LogP contribution in [0.15, 0.2) is 36.4 Å². The summed E-state index contributed by atoms with van der Waals surface area (Å²) in [5, 5.41) is 10.4. The van der Waals surface area contributed by atoms with Crippen molar-refractivity contribution >= 4 is 11.5 Å². The molecule has 0 amide bonds. The molecule has 4 nitrogen and oxygen atoms in total. The van der Waals surface area contributed by atoms with Gasteiger partial charge in [0.1, 0.15) is 5.75 Å². The standard InChI is InChI=1S/C18H17NO3.C2H6/c20-16-11-14(19-5-7-22-8-6-19)10-13-9-12-3-1-2-4-15(12)18(21)17(13)16;1-2/h1-4,10-11,20H,5-9H2;1-2H3. The molecule has 1 aliphatic heterocycles. The number of phenols is 1. The van der Waals surface area contributed by atoms with E-state index in [0.29, 0.717) is 30.8 Å². The molecule has 0 saturated carbocycles. The fourth-order valence-electron chi connectivity index (χ4n) is 3.31. The second-order valence-corrected chi connectivity index (χ2v) is 5.76.